The van der Waals surface area contributed by atoms with Gasteiger partial charge in [-0.25, -0.2) is 4.98 Å². The molecule has 9 heteroatoms. The summed E-state index contributed by atoms with van der Waals surface area (Å²) in [6.07, 6.45) is -1.34. The van der Waals surface area contributed by atoms with Gasteiger partial charge < -0.3 is 4.74 Å². The summed E-state index contributed by atoms with van der Waals surface area (Å²) in [7, 11) is 1.53. The predicted octanol–water partition coefficient (Wildman–Crippen LogP) is 5.87. The van der Waals surface area contributed by atoms with Crippen molar-refractivity contribution in [2.75, 3.05) is 12.0 Å². The van der Waals surface area contributed by atoms with E-state index in [1.54, 1.807) is 30.6 Å². The van der Waals surface area contributed by atoms with E-state index in [4.69, 9.17) is 4.74 Å². The topological polar surface area (TPSA) is 55.3 Å². The maximum atomic E-state index is 13.4. The molecule has 0 atom stereocenters. The van der Waals surface area contributed by atoms with Gasteiger partial charge in [-0.1, -0.05) is 29.5 Å². The van der Waals surface area contributed by atoms with E-state index >= 15 is 0 Å². The van der Waals surface area contributed by atoms with Gasteiger partial charge >= 0.3 is 6.18 Å². The summed E-state index contributed by atoms with van der Waals surface area (Å²) in [6.45, 7) is 2.02. The number of aryl methyl sites for hydroxylation is 1. The number of carbonyl (C=O) groups is 1. The largest absolute Gasteiger partial charge is 0.494 e. The molecular formula is C23H18F3N3O2S. The van der Waals surface area contributed by atoms with Crippen molar-refractivity contribution in [1.29, 1.82) is 0 Å². The first-order valence-corrected chi connectivity index (χ1v) is 10.4. The summed E-state index contributed by atoms with van der Waals surface area (Å²) >= 11 is 1.28. The van der Waals surface area contributed by atoms with Crippen molar-refractivity contribution in [3.05, 3.63) is 83.2 Å². The number of hydrogen-bond donors (Lipinski definition) is 0. The van der Waals surface area contributed by atoms with Gasteiger partial charge in [0.05, 0.1) is 23.9 Å². The Morgan fingerprint density at radius 3 is 2.66 bits per heavy atom. The van der Waals surface area contributed by atoms with Crippen LogP contribution in [-0.2, 0) is 12.7 Å². The number of aromatic nitrogens is 2. The number of rotatable bonds is 5. The van der Waals surface area contributed by atoms with Crippen LogP contribution in [0.25, 0.3) is 10.2 Å². The van der Waals surface area contributed by atoms with E-state index in [1.807, 2.05) is 13.0 Å². The molecule has 4 aromatic rings. The van der Waals surface area contributed by atoms with Gasteiger partial charge in [0, 0.05) is 18.0 Å². The third-order valence-corrected chi connectivity index (χ3v) is 6.10. The third-order valence-electron chi connectivity index (χ3n) is 4.89. The molecule has 0 N–H and O–H groups in total. The zero-order valence-electron chi connectivity index (χ0n) is 17.2. The maximum absolute atomic E-state index is 13.4. The Kier molecular flexibility index (Phi) is 5.84. The molecule has 0 saturated carbocycles. The lowest BCUT2D eigenvalue weighted by atomic mass is 10.1. The minimum atomic E-state index is -4.55. The number of fused-ring (bicyclic) bond motifs is 1. The Bertz CT molecular complexity index is 1270. The molecule has 1 amide bonds. The molecule has 0 aliphatic heterocycles. The first kappa shape index (κ1) is 21.8. The Morgan fingerprint density at radius 2 is 1.97 bits per heavy atom. The summed E-state index contributed by atoms with van der Waals surface area (Å²) in [6, 6.07) is 11.6. The number of carbonyl (C=O) groups excluding carboxylic acids is 1. The lowest BCUT2D eigenvalue weighted by Crippen LogP contribution is -2.30. The van der Waals surface area contributed by atoms with E-state index in [9.17, 15) is 18.0 Å². The van der Waals surface area contributed by atoms with E-state index < -0.39 is 17.6 Å². The minimum Gasteiger partial charge on any atom is -0.494 e. The van der Waals surface area contributed by atoms with Crippen molar-refractivity contribution in [3.8, 4) is 5.75 Å². The quantitative estimate of drug-likeness (QED) is 0.376. The van der Waals surface area contributed by atoms with E-state index in [0.29, 0.717) is 16.4 Å². The molecule has 0 aliphatic carbocycles. The highest BCUT2D eigenvalue weighted by atomic mass is 32.1. The number of alkyl halides is 3. The molecule has 0 bridgehead atoms. The van der Waals surface area contributed by atoms with Gasteiger partial charge in [0.15, 0.2) is 5.13 Å². The number of anilines is 1. The molecule has 0 radical (unpaired) electrons. The molecule has 4 rings (SSSR count). The molecule has 164 valence electrons. The summed E-state index contributed by atoms with van der Waals surface area (Å²) < 4.78 is 45.9. The molecule has 32 heavy (non-hydrogen) atoms. The number of amides is 1. The maximum Gasteiger partial charge on any atom is 0.416 e. The van der Waals surface area contributed by atoms with Gasteiger partial charge in [0.25, 0.3) is 5.91 Å². The molecular weight excluding hydrogens is 439 g/mol. The van der Waals surface area contributed by atoms with E-state index in [1.165, 1.54) is 35.5 Å². The Labute approximate surface area is 186 Å². The second-order valence-electron chi connectivity index (χ2n) is 7.09. The molecule has 0 spiro atoms. The predicted molar refractivity (Wildman–Crippen MR) is 117 cm³/mol. The lowest BCUT2D eigenvalue weighted by Gasteiger charge is -2.20. The highest BCUT2D eigenvalue weighted by Gasteiger charge is 2.32. The summed E-state index contributed by atoms with van der Waals surface area (Å²) in [5, 5.41) is 0.360. The van der Waals surface area contributed by atoms with E-state index in [-0.39, 0.29) is 12.1 Å². The van der Waals surface area contributed by atoms with Crippen LogP contribution in [0.15, 0.2) is 60.9 Å². The second-order valence-corrected chi connectivity index (χ2v) is 8.07. The lowest BCUT2D eigenvalue weighted by molar-refractivity contribution is -0.137. The Hall–Kier alpha value is -3.46. The van der Waals surface area contributed by atoms with Crippen molar-refractivity contribution in [3.63, 3.8) is 0 Å². The van der Waals surface area contributed by atoms with Gasteiger partial charge in [-0.05, 0) is 48.4 Å². The number of hydrogen-bond acceptors (Lipinski definition) is 5. The molecule has 0 unspecified atom stereocenters. The monoisotopic (exact) mass is 457 g/mol. The fourth-order valence-corrected chi connectivity index (χ4v) is 4.31. The van der Waals surface area contributed by atoms with Gasteiger partial charge in [0.1, 0.15) is 11.3 Å². The molecule has 0 aliphatic rings. The van der Waals surface area contributed by atoms with Crippen molar-refractivity contribution in [1.82, 2.24) is 9.97 Å². The van der Waals surface area contributed by atoms with Gasteiger partial charge in [0.2, 0.25) is 0 Å². The van der Waals surface area contributed by atoms with Crippen LogP contribution in [0.4, 0.5) is 18.3 Å². The van der Waals surface area contributed by atoms with Gasteiger partial charge in [-0.3, -0.25) is 14.7 Å². The van der Waals surface area contributed by atoms with Crippen LogP contribution >= 0.6 is 11.3 Å². The van der Waals surface area contributed by atoms with E-state index in [0.717, 1.165) is 28.0 Å². The van der Waals surface area contributed by atoms with Crippen LogP contribution in [0.3, 0.4) is 0 Å². The fraction of sp³-hybridized carbons (Fsp3) is 0.174. The number of methoxy groups -OCH3 is 1. The first-order valence-electron chi connectivity index (χ1n) is 9.60. The van der Waals surface area contributed by atoms with Crippen molar-refractivity contribution in [2.24, 2.45) is 0 Å². The number of benzene rings is 2. The van der Waals surface area contributed by atoms with Crippen molar-refractivity contribution in [2.45, 2.75) is 19.6 Å². The Morgan fingerprint density at radius 1 is 1.16 bits per heavy atom. The number of ether oxygens (including phenoxy) is 1. The molecule has 2 heterocycles. The molecule has 2 aromatic carbocycles. The van der Waals surface area contributed by atoms with Crippen LogP contribution in [-0.4, -0.2) is 23.0 Å². The van der Waals surface area contributed by atoms with Crippen molar-refractivity contribution >= 4 is 32.6 Å². The molecule has 2 aromatic heterocycles. The van der Waals surface area contributed by atoms with Crippen molar-refractivity contribution < 1.29 is 22.7 Å². The molecule has 5 nitrogen and oxygen atoms in total. The number of thiazole rings is 1. The fourth-order valence-electron chi connectivity index (χ4n) is 3.26. The second kappa shape index (κ2) is 8.58. The van der Waals surface area contributed by atoms with Gasteiger partial charge in [-0.15, -0.1) is 0 Å². The summed E-state index contributed by atoms with van der Waals surface area (Å²) in [4.78, 5) is 23.5. The summed E-state index contributed by atoms with van der Waals surface area (Å²) in [5.41, 5.74) is 1.31. The first-order chi connectivity index (χ1) is 15.3. The Balaban J connectivity index is 1.82. The standard InChI is InChI=1S/C23H18F3N3O2S/c1-14-8-9-18(31-2)19-20(14)32-22(28-19)29(13-15-5-4-10-27-12-15)21(30)16-6-3-7-17(11-16)23(24,25)26/h3-12H,13H2,1-2H3. The highest BCUT2D eigenvalue weighted by molar-refractivity contribution is 7.22. The van der Waals surface area contributed by atoms with E-state index in [2.05, 4.69) is 9.97 Å². The normalized spacial score (nSPS) is 11.5. The molecule has 0 fully saturated rings. The average molecular weight is 457 g/mol. The minimum absolute atomic E-state index is 0.0772. The van der Waals surface area contributed by atoms with Crippen LogP contribution in [0, 0.1) is 6.92 Å². The van der Waals surface area contributed by atoms with Crippen LogP contribution in [0.5, 0.6) is 5.75 Å². The number of nitrogens with zero attached hydrogens (tertiary/aromatic N) is 3. The average Bonchev–Trinajstić information content (AvgIpc) is 3.24. The number of pyridine rings is 1. The van der Waals surface area contributed by atoms with Crippen LogP contribution in [0.2, 0.25) is 0 Å². The van der Waals surface area contributed by atoms with Gasteiger partial charge in [-0.2, -0.15) is 13.2 Å². The molecule has 0 saturated heterocycles. The summed E-state index contributed by atoms with van der Waals surface area (Å²) in [5.74, 6) is -0.0309. The number of halogens is 3. The van der Waals surface area contributed by atoms with Crippen LogP contribution < -0.4 is 9.64 Å². The zero-order chi connectivity index (χ0) is 22.9. The highest BCUT2D eigenvalue weighted by Crippen LogP contribution is 2.37. The SMILES string of the molecule is COc1ccc(C)c2sc(N(Cc3cccnc3)C(=O)c3cccc(C(F)(F)F)c3)nc12. The zero-order valence-corrected chi connectivity index (χ0v) is 18.0. The third kappa shape index (κ3) is 4.29. The van der Waals surface area contributed by atoms with Crippen LogP contribution in [0.1, 0.15) is 27.0 Å². The smallest absolute Gasteiger partial charge is 0.416 e.